The molecule has 1 rings (SSSR count). The van der Waals surface area contributed by atoms with Crippen LogP contribution < -0.4 is 5.32 Å². The highest BCUT2D eigenvalue weighted by atomic mass is 15.1. The zero-order valence-electron chi connectivity index (χ0n) is 12.6. The van der Waals surface area contributed by atoms with Gasteiger partial charge in [-0.3, -0.25) is 0 Å². The molecular weight excluding hydrogens is 208 g/mol. The fourth-order valence-electron chi connectivity index (χ4n) is 3.47. The third-order valence-corrected chi connectivity index (χ3v) is 4.04. The molecule has 1 heterocycles. The summed E-state index contributed by atoms with van der Waals surface area (Å²) in [4.78, 5) is 2.69. The van der Waals surface area contributed by atoms with E-state index in [2.05, 4.69) is 45.0 Å². The van der Waals surface area contributed by atoms with Gasteiger partial charge in [-0.15, -0.1) is 0 Å². The van der Waals surface area contributed by atoms with Crippen molar-refractivity contribution >= 4 is 0 Å². The van der Waals surface area contributed by atoms with Gasteiger partial charge in [0.25, 0.3) is 0 Å². The third kappa shape index (κ3) is 4.97. The van der Waals surface area contributed by atoms with Crippen LogP contribution in [0, 0.1) is 10.8 Å². The molecule has 0 aliphatic carbocycles. The van der Waals surface area contributed by atoms with Crippen LogP contribution in [0.3, 0.4) is 0 Å². The van der Waals surface area contributed by atoms with Crippen LogP contribution in [0.15, 0.2) is 0 Å². The molecule has 1 fully saturated rings. The number of rotatable bonds is 6. The van der Waals surface area contributed by atoms with E-state index in [9.17, 15) is 0 Å². The molecule has 1 aliphatic rings. The highest BCUT2D eigenvalue weighted by Crippen LogP contribution is 2.31. The predicted octanol–water partition coefficient (Wildman–Crippen LogP) is 3.13. The van der Waals surface area contributed by atoms with Crippen LogP contribution in [0.1, 0.15) is 53.4 Å². The van der Waals surface area contributed by atoms with Crippen molar-refractivity contribution in [2.75, 3.05) is 33.2 Å². The maximum atomic E-state index is 3.38. The fraction of sp³-hybridized carbons (Fsp3) is 1.00. The van der Waals surface area contributed by atoms with Gasteiger partial charge in [-0.2, -0.15) is 0 Å². The summed E-state index contributed by atoms with van der Waals surface area (Å²) in [6.45, 7) is 14.5. The van der Waals surface area contributed by atoms with Gasteiger partial charge in [0, 0.05) is 19.6 Å². The first-order valence-corrected chi connectivity index (χ1v) is 7.28. The first kappa shape index (κ1) is 15.0. The standard InChI is InChI=1S/C15H32N2/c1-6-8-15(4,11-16-5)13-17-10-7-9-14(2,3)12-17/h16H,6-13H2,1-5H3. The van der Waals surface area contributed by atoms with E-state index in [1.165, 1.54) is 45.3 Å². The van der Waals surface area contributed by atoms with Crippen molar-refractivity contribution in [3.63, 3.8) is 0 Å². The molecule has 102 valence electrons. The molecule has 1 saturated heterocycles. The molecule has 0 radical (unpaired) electrons. The SMILES string of the molecule is CCCC(C)(CNC)CN1CCCC(C)(C)C1. The average molecular weight is 240 g/mol. The molecule has 0 saturated carbocycles. The van der Waals surface area contributed by atoms with Gasteiger partial charge in [0.15, 0.2) is 0 Å². The number of likely N-dealkylation sites (tertiary alicyclic amines) is 1. The van der Waals surface area contributed by atoms with Crippen LogP contribution in [0.2, 0.25) is 0 Å². The molecule has 1 atom stereocenters. The zero-order valence-corrected chi connectivity index (χ0v) is 12.6. The quantitative estimate of drug-likeness (QED) is 0.767. The predicted molar refractivity (Wildman–Crippen MR) is 76.4 cm³/mol. The number of nitrogens with zero attached hydrogens (tertiary/aromatic N) is 1. The molecule has 0 amide bonds. The fourth-order valence-corrected chi connectivity index (χ4v) is 3.47. The lowest BCUT2D eigenvalue weighted by Gasteiger charge is -2.42. The summed E-state index contributed by atoms with van der Waals surface area (Å²) in [6.07, 6.45) is 5.37. The molecule has 17 heavy (non-hydrogen) atoms. The molecule has 0 aromatic rings. The average Bonchev–Trinajstić information content (AvgIpc) is 2.15. The maximum Gasteiger partial charge on any atom is 0.00477 e. The van der Waals surface area contributed by atoms with Gasteiger partial charge in [0.1, 0.15) is 0 Å². The zero-order chi connectivity index (χ0) is 12.9. The number of hydrogen-bond acceptors (Lipinski definition) is 2. The van der Waals surface area contributed by atoms with E-state index < -0.39 is 0 Å². The Morgan fingerprint density at radius 1 is 1.35 bits per heavy atom. The minimum atomic E-state index is 0.441. The summed E-state index contributed by atoms with van der Waals surface area (Å²) >= 11 is 0. The van der Waals surface area contributed by atoms with Crippen molar-refractivity contribution in [1.82, 2.24) is 10.2 Å². The van der Waals surface area contributed by atoms with Gasteiger partial charge >= 0.3 is 0 Å². The molecule has 0 bridgehead atoms. The largest absolute Gasteiger partial charge is 0.319 e. The van der Waals surface area contributed by atoms with Gasteiger partial charge in [-0.05, 0) is 43.7 Å². The van der Waals surface area contributed by atoms with Crippen molar-refractivity contribution in [2.45, 2.75) is 53.4 Å². The number of hydrogen-bond donors (Lipinski definition) is 1. The van der Waals surface area contributed by atoms with Crippen LogP contribution in [-0.4, -0.2) is 38.1 Å². The summed E-state index contributed by atoms with van der Waals surface area (Å²) in [5.74, 6) is 0. The van der Waals surface area contributed by atoms with Crippen molar-refractivity contribution in [1.29, 1.82) is 0 Å². The minimum Gasteiger partial charge on any atom is -0.319 e. The molecule has 0 aromatic heterocycles. The van der Waals surface area contributed by atoms with Gasteiger partial charge in [-0.25, -0.2) is 0 Å². The van der Waals surface area contributed by atoms with E-state index in [-0.39, 0.29) is 0 Å². The number of piperidine rings is 1. The summed E-state index contributed by atoms with van der Waals surface area (Å²) in [5.41, 5.74) is 0.960. The van der Waals surface area contributed by atoms with E-state index >= 15 is 0 Å². The highest BCUT2D eigenvalue weighted by Gasteiger charge is 2.31. The lowest BCUT2D eigenvalue weighted by molar-refractivity contribution is 0.0713. The summed E-state index contributed by atoms with van der Waals surface area (Å²) in [5, 5.41) is 3.38. The van der Waals surface area contributed by atoms with Crippen molar-refractivity contribution in [2.24, 2.45) is 10.8 Å². The topological polar surface area (TPSA) is 15.3 Å². The molecule has 1 aliphatic heterocycles. The Kier molecular flexibility index (Phi) is 5.46. The van der Waals surface area contributed by atoms with E-state index in [0.29, 0.717) is 10.8 Å². The molecule has 0 spiro atoms. The molecular formula is C15H32N2. The molecule has 1 unspecified atom stereocenters. The molecule has 1 N–H and O–H groups in total. The highest BCUT2D eigenvalue weighted by molar-refractivity contribution is 4.85. The third-order valence-electron chi connectivity index (χ3n) is 4.04. The smallest absolute Gasteiger partial charge is 0.00477 e. The van der Waals surface area contributed by atoms with E-state index in [1.807, 2.05) is 0 Å². The van der Waals surface area contributed by atoms with Crippen molar-refractivity contribution in [3.05, 3.63) is 0 Å². The van der Waals surface area contributed by atoms with Gasteiger partial charge < -0.3 is 10.2 Å². The summed E-state index contributed by atoms with van der Waals surface area (Å²) < 4.78 is 0. The Hall–Kier alpha value is -0.0800. The molecule has 0 aromatic carbocycles. The van der Waals surface area contributed by atoms with Crippen LogP contribution >= 0.6 is 0 Å². The Morgan fingerprint density at radius 2 is 2.06 bits per heavy atom. The maximum absolute atomic E-state index is 3.38. The first-order chi connectivity index (χ1) is 7.91. The Labute approximate surface area is 108 Å². The van der Waals surface area contributed by atoms with E-state index in [0.717, 1.165) is 6.54 Å². The normalized spacial score (nSPS) is 24.5. The lowest BCUT2D eigenvalue weighted by atomic mass is 9.80. The van der Waals surface area contributed by atoms with E-state index in [1.54, 1.807) is 0 Å². The Bertz CT molecular complexity index is 217. The Balaban J connectivity index is 2.54. The van der Waals surface area contributed by atoms with Crippen LogP contribution in [-0.2, 0) is 0 Å². The van der Waals surface area contributed by atoms with Gasteiger partial charge in [0.05, 0.1) is 0 Å². The monoisotopic (exact) mass is 240 g/mol. The van der Waals surface area contributed by atoms with Crippen molar-refractivity contribution < 1.29 is 0 Å². The summed E-state index contributed by atoms with van der Waals surface area (Å²) in [7, 11) is 2.08. The Morgan fingerprint density at radius 3 is 2.59 bits per heavy atom. The molecule has 2 nitrogen and oxygen atoms in total. The second kappa shape index (κ2) is 6.19. The minimum absolute atomic E-state index is 0.441. The van der Waals surface area contributed by atoms with Gasteiger partial charge in [0.2, 0.25) is 0 Å². The second-order valence-corrected chi connectivity index (χ2v) is 7.07. The van der Waals surface area contributed by atoms with Gasteiger partial charge in [-0.1, -0.05) is 34.1 Å². The van der Waals surface area contributed by atoms with E-state index in [4.69, 9.17) is 0 Å². The van der Waals surface area contributed by atoms with Crippen LogP contribution in [0.5, 0.6) is 0 Å². The molecule has 2 heteroatoms. The lowest BCUT2D eigenvalue weighted by Crippen LogP contribution is -2.47. The number of nitrogens with one attached hydrogen (secondary N) is 1. The summed E-state index contributed by atoms with van der Waals surface area (Å²) in [6, 6.07) is 0. The van der Waals surface area contributed by atoms with Crippen molar-refractivity contribution in [3.8, 4) is 0 Å². The van der Waals surface area contributed by atoms with Crippen LogP contribution in [0.4, 0.5) is 0 Å². The first-order valence-electron chi connectivity index (χ1n) is 7.28. The second-order valence-electron chi connectivity index (χ2n) is 7.07. The van der Waals surface area contributed by atoms with Crippen LogP contribution in [0.25, 0.3) is 0 Å².